The fourth-order valence-corrected chi connectivity index (χ4v) is 2.50. The topological polar surface area (TPSA) is 79.5 Å². The Labute approximate surface area is 167 Å². The van der Waals surface area contributed by atoms with Crippen molar-refractivity contribution in [3.8, 4) is 5.75 Å². The van der Waals surface area contributed by atoms with Gasteiger partial charge in [0.15, 0.2) is 5.11 Å². The van der Waals surface area contributed by atoms with Crippen molar-refractivity contribution in [3.05, 3.63) is 29.8 Å². The highest BCUT2D eigenvalue weighted by Gasteiger charge is 2.09. The van der Waals surface area contributed by atoms with Gasteiger partial charge >= 0.3 is 0 Å². The Morgan fingerprint density at radius 1 is 0.926 bits per heavy atom. The fraction of sp³-hybridized carbons (Fsp3) is 0.550. The number of unbranched alkanes of at least 4 members (excludes halogenated alkanes) is 5. The van der Waals surface area contributed by atoms with Crippen molar-refractivity contribution in [2.24, 2.45) is 0 Å². The monoisotopic (exact) mass is 393 g/mol. The molecule has 0 saturated heterocycles. The Bertz CT molecular complexity index is 591. The molecule has 0 aliphatic heterocycles. The van der Waals surface area contributed by atoms with Crippen molar-refractivity contribution >= 4 is 29.1 Å². The lowest BCUT2D eigenvalue weighted by atomic mass is 10.2. The van der Waals surface area contributed by atoms with Crippen LogP contribution in [0.15, 0.2) is 24.3 Å². The fourth-order valence-electron chi connectivity index (χ4n) is 2.35. The summed E-state index contributed by atoms with van der Waals surface area (Å²) >= 11 is 5.02. The van der Waals surface area contributed by atoms with Crippen molar-refractivity contribution in [2.75, 3.05) is 6.61 Å². The minimum Gasteiger partial charge on any atom is -0.494 e. The smallest absolute Gasteiger partial charge is 0.257 e. The molecular weight excluding hydrogens is 362 g/mol. The highest BCUT2D eigenvalue weighted by molar-refractivity contribution is 7.80. The number of hydrazine groups is 1. The first-order chi connectivity index (χ1) is 13.1. The molecule has 0 aliphatic rings. The summed E-state index contributed by atoms with van der Waals surface area (Å²) < 4.78 is 5.66. The number of carbonyl (C=O) groups is 2. The first-order valence-electron chi connectivity index (χ1n) is 9.69. The summed E-state index contributed by atoms with van der Waals surface area (Å²) in [6.07, 6.45) is 7.92. The van der Waals surface area contributed by atoms with Crippen molar-refractivity contribution in [2.45, 2.75) is 65.2 Å². The van der Waals surface area contributed by atoms with E-state index in [2.05, 4.69) is 30.0 Å². The minimum absolute atomic E-state index is 0.0556. The number of nitrogens with one attached hydrogen (secondary N) is 3. The Hall–Kier alpha value is -2.15. The lowest BCUT2D eigenvalue weighted by Gasteiger charge is -2.11. The lowest BCUT2D eigenvalue weighted by Crippen LogP contribution is -2.48. The molecule has 3 N–H and O–H groups in total. The van der Waals surface area contributed by atoms with Gasteiger partial charge in [-0.15, -0.1) is 0 Å². The van der Waals surface area contributed by atoms with Crippen LogP contribution in [0.2, 0.25) is 0 Å². The summed E-state index contributed by atoms with van der Waals surface area (Å²) in [5.74, 6) is 0.241. The molecule has 7 heteroatoms. The first-order valence-corrected chi connectivity index (χ1v) is 10.1. The largest absolute Gasteiger partial charge is 0.494 e. The predicted octanol–water partition coefficient (Wildman–Crippen LogP) is 3.86. The molecule has 0 spiro atoms. The number of rotatable bonds is 11. The van der Waals surface area contributed by atoms with E-state index in [4.69, 9.17) is 17.0 Å². The summed E-state index contributed by atoms with van der Waals surface area (Å²) in [6.45, 7) is 4.93. The van der Waals surface area contributed by atoms with Gasteiger partial charge in [0.05, 0.1) is 6.61 Å². The van der Waals surface area contributed by atoms with Gasteiger partial charge in [0, 0.05) is 12.0 Å². The molecule has 0 saturated carbocycles. The average molecular weight is 394 g/mol. The molecule has 0 aliphatic carbocycles. The van der Waals surface area contributed by atoms with Crippen LogP contribution in [-0.2, 0) is 4.79 Å². The van der Waals surface area contributed by atoms with Crippen molar-refractivity contribution < 1.29 is 14.3 Å². The third kappa shape index (κ3) is 10.6. The van der Waals surface area contributed by atoms with E-state index in [1.807, 2.05) is 0 Å². The maximum absolute atomic E-state index is 12.2. The summed E-state index contributed by atoms with van der Waals surface area (Å²) in [7, 11) is 0. The van der Waals surface area contributed by atoms with Crippen LogP contribution >= 0.6 is 12.2 Å². The molecule has 0 aromatic heterocycles. The van der Waals surface area contributed by atoms with Crippen LogP contribution < -0.4 is 20.9 Å². The molecule has 1 aromatic carbocycles. The van der Waals surface area contributed by atoms with E-state index in [0.29, 0.717) is 18.6 Å². The van der Waals surface area contributed by atoms with Crippen LogP contribution in [0.4, 0.5) is 0 Å². The van der Waals surface area contributed by atoms with E-state index in [1.165, 1.54) is 12.8 Å². The van der Waals surface area contributed by atoms with E-state index >= 15 is 0 Å². The summed E-state index contributed by atoms with van der Waals surface area (Å²) in [6, 6.07) is 6.90. The number of ether oxygens (including phenoxy) is 1. The summed E-state index contributed by atoms with van der Waals surface area (Å²) in [4.78, 5) is 23.8. The van der Waals surface area contributed by atoms with Gasteiger partial charge in [0.2, 0.25) is 5.91 Å². The number of amides is 2. The number of hydrogen-bond donors (Lipinski definition) is 3. The normalized spacial score (nSPS) is 10.1. The zero-order valence-corrected chi connectivity index (χ0v) is 17.1. The third-order valence-corrected chi connectivity index (χ3v) is 4.14. The van der Waals surface area contributed by atoms with E-state index in [9.17, 15) is 9.59 Å². The molecule has 27 heavy (non-hydrogen) atoms. The zero-order valence-electron chi connectivity index (χ0n) is 16.3. The molecule has 1 rings (SSSR count). The molecule has 2 amide bonds. The zero-order chi connectivity index (χ0) is 19.9. The highest BCUT2D eigenvalue weighted by atomic mass is 32.1. The molecule has 0 heterocycles. The maximum atomic E-state index is 12.2. The molecule has 0 fully saturated rings. The standard InChI is InChI=1S/C20H31N3O3S/c1-3-5-7-9-15-26-17-13-11-16(12-14-17)19(25)21-20(27)23-22-18(24)10-8-6-4-2/h11-14H,3-10,15H2,1-2H3,(H,22,24)(H2,21,23,25,27). The molecule has 0 radical (unpaired) electrons. The van der Waals surface area contributed by atoms with E-state index in [-0.39, 0.29) is 16.9 Å². The predicted molar refractivity (Wildman–Crippen MR) is 112 cm³/mol. The Morgan fingerprint density at radius 2 is 1.59 bits per heavy atom. The molecule has 0 bridgehead atoms. The van der Waals surface area contributed by atoms with Crippen LogP contribution in [0, 0.1) is 0 Å². The molecular formula is C20H31N3O3S. The maximum Gasteiger partial charge on any atom is 0.257 e. The van der Waals surface area contributed by atoms with Crippen LogP contribution in [0.1, 0.15) is 75.6 Å². The second kappa shape index (κ2) is 14.0. The second-order valence-corrected chi connectivity index (χ2v) is 6.76. The van der Waals surface area contributed by atoms with Crippen LogP contribution in [-0.4, -0.2) is 23.5 Å². The molecule has 0 atom stereocenters. The van der Waals surface area contributed by atoms with Crippen molar-refractivity contribution in [3.63, 3.8) is 0 Å². The number of carbonyl (C=O) groups excluding carboxylic acids is 2. The SMILES string of the molecule is CCCCCCOc1ccc(C(=O)NC(=S)NNC(=O)CCCCC)cc1. The number of hydrogen-bond acceptors (Lipinski definition) is 4. The number of thiocarbonyl (C=S) groups is 1. The second-order valence-electron chi connectivity index (χ2n) is 6.35. The van der Waals surface area contributed by atoms with Gasteiger partial charge in [-0.2, -0.15) is 0 Å². The minimum atomic E-state index is -0.345. The molecule has 1 aromatic rings. The lowest BCUT2D eigenvalue weighted by molar-refractivity contribution is -0.121. The van der Waals surface area contributed by atoms with Crippen molar-refractivity contribution in [1.29, 1.82) is 0 Å². The third-order valence-electron chi connectivity index (χ3n) is 3.93. The summed E-state index contributed by atoms with van der Waals surface area (Å²) in [5.41, 5.74) is 5.49. The van der Waals surface area contributed by atoms with Crippen LogP contribution in [0.3, 0.4) is 0 Å². The van der Waals surface area contributed by atoms with Gasteiger partial charge in [0.1, 0.15) is 5.75 Å². The molecule has 0 unspecified atom stereocenters. The number of benzene rings is 1. The first kappa shape index (κ1) is 22.9. The molecule has 6 nitrogen and oxygen atoms in total. The van der Waals surface area contributed by atoms with Gasteiger partial charge in [-0.25, -0.2) is 0 Å². The van der Waals surface area contributed by atoms with Gasteiger partial charge < -0.3 is 4.74 Å². The van der Waals surface area contributed by atoms with E-state index in [0.717, 1.165) is 37.9 Å². The average Bonchev–Trinajstić information content (AvgIpc) is 2.67. The summed E-state index contributed by atoms with van der Waals surface area (Å²) in [5, 5.41) is 2.59. The van der Waals surface area contributed by atoms with Crippen molar-refractivity contribution in [1.82, 2.24) is 16.2 Å². The quantitative estimate of drug-likeness (QED) is 0.302. The van der Waals surface area contributed by atoms with E-state index in [1.54, 1.807) is 24.3 Å². The van der Waals surface area contributed by atoms with E-state index < -0.39 is 0 Å². The van der Waals surface area contributed by atoms with Crippen LogP contribution in [0.5, 0.6) is 5.75 Å². The highest BCUT2D eigenvalue weighted by Crippen LogP contribution is 2.13. The van der Waals surface area contributed by atoms with Gasteiger partial charge in [-0.05, 0) is 49.3 Å². The Kier molecular flexibility index (Phi) is 11.8. The van der Waals surface area contributed by atoms with Gasteiger partial charge in [-0.3, -0.25) is 25.8 Å². The Balaban J connectivity index is 2.30. The Morgan fingerprint density at radius 3 is 2.26 bits per heavy atom. The van der Waals surface area contributed by atoms with Gasteiger partial charge in [-0.1, -0.05) is 46.0 Å². The molecule has 150 valence electrons. The van der Waals surface area contributed by atoms with Gasteiger partial charge in [0.25, 0.3) is 5.91 Å². The van der Waals surface area contributed by atoms with Crippen LogP contribution in [0.25, 0.3) is 0 Å².